The Balaban J connectivity index is 1.83. The smallest absolute Gasteiger partial charge is 0.226 e. The van der Waals surface area contributed by atoms with Gasteiger partial charge in [-0.3, -0.25) is 14.9 Å². The number of hydrogen-bond donors (Lipinski definition) is 2. The molecule has 0 atom stereocenters. The van der Waals surface area contributed by atoms with Gasteiger partial charge in [-0.15, -0.1) is 11.3 Å². The summed E-state index contributed by atoms with van der Waals surface area (Å²) in [7, 11) is 0. The first-order valence-corrected chi connectivity index (χ1v) is 7.39. The van der Waals surface area contributed by atoms with E-state index >= 15 is 0 Å². The van der Waals surface area contributed by atoms with Crippen LogP contribution in [0.15, 0.2) is 48.2 Å². The minimum atomic E-state index is -0.426. The number of rotatable bonds is 5. The molecule has 2 N–H and O–H groups in total. The molecule has 0 amide bonds. The maximum atomic E-state index is 11.9. The van der Waals surface area contributed by atoms with Crippen LogP contribution in [-0.2, 0) is 6.42 Å². The van der Waals surface area contributed by atoms with Crippen molar-refractivity contribution in [3.8, 4) is 0 Å². The zero-order chi connectivity index (χ0) is 15.4. The molecule has 3 heterocycles. The lowest BCUT2D eigenvalue weighted by Gasteiger charge is -2.03. The van der Waals surface area contributed by atoms with E-state index in [-0.39, 0.29) is 11.6 Å². The number of nitrogens with one attached hydrogen (secondary N) is 1. The molecule has 0 saturated heterocycles. The summed E-state index contributed by atoms with van der Waals surface area (Å²) in [6.45, 7) is 0. The van der Waals surface area contributed by atoms with Crippen LogP contribution in [0.2, 0.25) is 0 Å². The van der Waals surface area contributed by atoms with Crippen molar-refractivity contribution in [2.45, 2.75) is 6.42 Å². The van der Waals surface area contributed by atoms with Crippen LogP contribution in [0.1, 0.15) is 26.8 Å². The Morgan fingerprint density at radius 3 is 2.95 bits per heavy atom. The summed E-state index contributed by atoms with van der Waals surface area (Å²) in [5.74, 6) is -0.424. The molecule has 22 heavy (non-hydrogen) atoms. The van der Waals surface area contributed by atoms with Crippen molar-refractivity contribution in [2.24, 2.45) is 0 Å². The number of hydrogen-bond acceptors (Lipinski definition) is 6. The zero-order valence-electron chi connectivity index (χ0n) is 11.4. The van der Waals surface area contributed by atoms with Crippen LogP contribution in [0.4, 0.5) is 0 Å². The Kier molecular flexibility index (Phi) is 4.06. The first kappa shape index (κ1) is 14.2. The number of nitrogens with zero attached hydrogens (tertiary/aromatic N) is 3. The molecule has 0 unspecified atom stereocenters. The highest BCUT2D eigenvalue weighted by molar-refractivity contribution is 7.10. The van der Waals surface area contributed by atoms with E-state index in [9.17, 15) is 9.90 Å². The van der Waals surface area contributed by atoms with Crippen molar-refractivity contribution < 1.29 is 9.90 Å². The summed E-state index contributed by atoms with van der Waals surface area (Å²) in [5, 5.41) is 18.2. The third-order valence-corrected chi connectivity index (χ3v) is 3.93. The van der Waals surface area contributed by atoms with Gasteiger partial charge in [0.2, 0.25) is 5.78 Å². The highest BCUT2D eigenvalue weighted by Crippen LogP contribution is 2.25. The van der Waals surface area contributed by atoms with Gasteiger partial charge in [-0.25, -0.2) is 4.98 Å². The molecule has 0 aliphatic rings. The molecule has 0 bridgehead atoms. The topological polar surface area (TPSA) is 91.8 Å². The second kappa shape index (κ2) is 6.31. The van der Waals surface area contributed by atoms with Crippen LogP contribution in [0.3, 0.4) is 0 Å². The fourth-order valence-electron chi connectivity index (χ4n) is 1.97. The number of aromatic nitrogens is 4. The quantitative estimate of drug-likeness (QED) is 0.429. The van der Waals surface area contributed by atoms with Crippen LogP contribution in [0.5, 0.6) is 0 Å². The molecule has 3 aromatic heterocycles. The standard InChI is InChI=1S/C15H12N4O2S/c20-12(8-13(21)15-17-9-18-19-15)11-4-6-22-14(11)7-10-3-1-2-5-16-10/h1-6,8-9,20H,7H2,(H,17,18,19). The van der Waals surface area contributed by atoms with Crippen LogP contribution in [0.25, 0.3) is 5.76 Å². The predicted molar refractivity (Wildman–Crippen MR) is 82.7 cm³/mol. The molecule has 6 nitrogen and oxygen atoms in total. The Bertz CT molecular complexity index is 794. The summed E-state index contributed by atoms with van der Waals surface area (Å²) in [5.41, 5.74) is 1.53. The molecule has 3 rings (SSSR count). The number of allylic oxidation sites excluding steroid dienone is 1. The molecule has 0 aromatic carbocycles. The highest BCUT2D eigenvalue weighted by atomic mass is 32.1. The number of aliphatic hydroxyl groups is 1. The maximum absolute atomic E-state index is 11.9. The third-order valence-electron chi connectivity index (χ3n) is 3.01. The number of carbonyl (C=O) groups is 1. The first-order valence-electron chi connectivity index (χ1n) is 6.51. The van der Waals surface area contributed by atoms with E-state index < -0.39 is 5.78 Å². The van der Waals surface area contributed by atoms with Crippen molar-refractivity contribution in [3.63, 3.8) is 0 Å². The summed E-state index contributed by atoms with van der Waals surface area (Å²) in [6, 6.07) is 7.47. The van der Waals surface area contributed by atoms with Crippen molar-refractivity contribution in [1.82, 2.24) is 20.2 Å². The van der Waals surface area contributed by atoms with E-state index in [1.165, 1.54) is 17.7 Å². The second-order valence-electron chi connectivity index (χ2n) is 4.48. The van der Waals surface area contributed by atoms with Gasteiger partial charge >= 0.3 is 0 Å². The van der Waals surface area contributed by atoms with Crippen molar-refractivity contribution in [1.29, 1.82) is 0 Å². The van der Waals surface area contributed by atoms with Gasteiger partial charge in [-0.1, -0.05) is 6.07 Å². The molecule has 110 valence electrons. The second-order valence-corrected chi connectivity index (χ2v) is 5.48. The molecular weight excluding hydrogens is 300 g/mol. The highest BCUT2D eigenvalue weighted by Gasteiger charge is 2.13. The van der Waals surface area contributed by atoms with Gasteiger partial charge in [0.15, 0.2) is 5.82 Å². The van der Waals surface area contributed by atoms with Gasteiger partial charge in [0.1, 0.15) is 12.1 Å². The van der Waals surface area contributed by atoms with Gasteiger partial charge in [-0.2, -0.15) is 5.10 Å². The van der Waals surface area contributed by atoms with E-state index in [4.69, 9.17) is 0 Å². The predicted octanol–water partition coefficient (Wildman–Crippen LogP) is 2.63. The Hall–Kier alpha value is -2.80. The third kappa shape index (κ3) is 3.09. The zero-order valence-corrected chi connectivity index (χ0v) is 12.2. The molecule has 0 radical (unpaired) electrons. The summed E-state index contributed by atoms with van der Waals surface area (Å²) in [6.07, 6.45) is 4.72. The van der Waals surface area contributed by atoms with E-state index in [2.05, 4.69) is 20.2 Å². The number of ketones is 1. The molecule has 0 fully saturated rings. The molecule has 0 saturated carbocycles. The lowest BCUT2D eigenvalue weighted by molar-refractivity contribution is 0.103. The molecule has 7 heteroatoms. The van der Waals surface area contributed by atoms with Crippen LogP contribution in [-0.4, -0.2) is 31.1 Å². The van der Waals surface area contributed by atoms with Gasteiger partial charge < -0.3 is 5.11 Å². The van der Waals surface area contributed by atoms with Gasteiger partial charge in [0.05, 0.1) is 0 Å². The number of H-pyrrole nitrogens is 1. The fourth-order valence-corrected chi connectivity index (χ4v) is 2.87. The normalized spacial score (nSPS) is 11.5. The lowest BCUT2D eigenvalue weighted by atomic mass is 10.1. The molecular formula is C15H12N4O2S. The molecule has 0 aliphatic carbocycles. The molecule has 0 spiro atoms. The average Bonchev–Trinajstić information content (AvgIpc) is 3.19. The van der Waals surface area contributed by atoms with Crippen LogP contribution < -0.4 is 0 Å². The van der Waals surface area contributed by atoms with Crippen LogP contribution in [0, 0.1) is 0 Å². The van der Waals surface area contributed by atoms with Gasteiger partial charge in [0, 0.05) is 34.8 Å². The van der Waals surface area contributed by atoms with Gasteiger partial charge in [-0.05, 0) is 23.6 Å². The monoisotopic (exact) mass is 312 g/mol. The summed E-state index contributed by atoms with van der Waals surface area (Å²) >= 11 is 1.51. The Labute approximate surface area is 130 Å². The SMILES string of the molecule is O=C(C=C(O)c1ccsc1Cc1ccccn1)c1ncn[nH]1. The summed E-state index contributed by atoms with van der Waals surface area (Å²) < 4.78 is 0. The number of carbonyl (C=O) groups excluding carboxylic acids is 1. The van der Waals surface area contributed by atoms with E-state index in [1.54, 1.807) is 12.3 Å². The minimum Gasteiger partial charge on any atom is -0.507 e. The maximum Gasteiger partial charge on any atom is 0.226 e. The number of aliphatic hydroxyl groups excluding tert-OH is 1. The first-order chi connectivity index (χ1) is 10.7. The van der Waals surface area contributed by atoms with Crippen molar-refractivity contribution in [3.05, 3.63) is 70.2 Å². The largest absolute Gasteiger partial charge is 0.507 e. The summed E-state index contributed by atoms with van der Waals surface area (Å²) in [4.78, 5) is 20.9. The lowest BCUT2D eigenvalue weighted by Crippen LogP contribution is -2.00. The van der Waals surface area contributed by atoms with E-state index in [1.807, 2.05) is 23.6 Å². The Morgan fingerprint density at radius 2 is 2.23 bits per heavy atom. The van der Waals surface area contributed by atoms with Crippen molar-refractivity contribution in [2.75, 3.05) is 0 Å². The average molecular weight is 312 g/mol. The number of thiophene rings is 1. The molecule has 0 aliphatic heterocycles. The fraction of sp³-hybridized carbons (Fsp3) is 0.0667. The van der Waals surface area contributed by atoms with Crippen molar-refractivity contribution >= 4 is 22.9 Å². The number of aromatic amines is 1. The Morgan fingerprint density at radius 1 is 1.32 bits per heavy atom. The number of pyridine rings is 1. The van der Waals surface area contributed by atoms with E-state index in [0.29, 0.717) is 12.0 Å². The van der Waals surface area contributed by atoms with Crippen LogP contribution >= 0.6 is 11.3 Å². The van der Waals surface area contributed by atoms with Gasteiger partial charge in [0.25, 0.3) is 0 Å². The minimum absolute atomic E-state index is 0.0893. The van der Waals surface area contributed by atoms with E-state index in [0.717, 1.165) is 16.6 Å². The molecule has 3 aromatic rings.